The fourth-order valence-corrected chi connectivity index (χ4v) is 1.13. The number of ether oxygens (including phenoxy) is 1. The predicted octanol–water partition coefficient (Wildman–Crippen LogP) is 1.62. The van der Waals surface area contributed by atoms with Gasteiger partial charge in [-0.15, -0.1) is 0 Å². The van der Waals surface area contributed by atoms with E-state index in [0.717, 1.165) is 5.56 Å². The van der Waals surface area contributed by atoms with E-state index >= 15 is 0 Å². The van der Waals surface area contributed by atoms with Crippen LogP contribution >= 0.6 is 0 Å². The first-order valence-electron chi connectivity index (χ1n) is 4.71. The Hall–Kier alpha value is -1.89. The van der Waals surface area contributed by atoms with Gasteiger partial charge in [0.2, 0.25) is 0 Å². The normalized spacial score (nSPS) is 11.5. The van der Waals surface area contributed by atoms with Crippen LogP contribution in [0.5, 0.6) is 0 Å². The van der Waals surface area contributed by atoms with Crippen molar-refractivity contribution >= 4 is 5.97 Å². The molecule has 0 saturated carbocycles. The Morgan fingerprint density at radius 3 is 2.87 bits per heavy atom. The van der Waals surface area contributed by atoms with Gasteiger partial charge in [-0.2, -0.15) is 5.26 Å². The van der Waals surface area contributed by atoms with Crippen molar-refractivity contribution in [3.8, 4) is 6.07 Å². The second-order valence-corrected chi connectivity index (χ2v) is 3.06. The number of rotatable bonds is 3. The van der Waals surface area contributed by atoms with Crippen molar-refractivity contribution in [2.24, 2.45) is 0 Å². The molecule has 0 aliphatic carbocycles. The van der Waals surface area contributed by atoms with Crippen molar-refractivity contribution < 1.29 is 9.53 Å². The number of nitrogens with zero attached hydrogens (tertiary/aromatic N) is 2. The standard InChI is InChI=1S/C11H12N2O2/c1-3-15-11(14)8(2)9-4-5-10(6-12)13-7-9/h4-5,7-8H,3H2,1-2H3/t8-/m0/s1. The fraction of sp³-hybridized carbons (Fsp3) is 0.364. The summed E-state index contributed by atoms with van der Waals surface area (Å²) in [6, 6.07) is 5.22. The number of pyridine rings is 1. The SMILES string of the molecule is CCOC(=O)[C@@H](C)c1ccc(C#N)nc1. The molecular weight excluding hydrogens is 192 g/mol. The molecule has 78 valence electrons. The average molecular weight is 204 g/mol. The van der Waals surface area contributed by atoms with E-state index in [1.165, 1.54) is 6.20 Å². The number of hydrogen-bond donors (Lipinski definition) is 0. The van der Waals surface area contributed by atoms with Crippen LogP contribution in [0.3, 0.4) is 0 Å². The Morgan fingerprint density at radius 2 is 2.40 bits per heavy atom. The third-order valence-electron chi connectivity index (χ3n) is 2.04. The van der Waals surface area contributed by atoms with Gasteiger partial charge in [0.25, 0.3) is 0 Å². The minimum atomic E-state index is -0.342. The summed E-state index contributed by atoms with van der Waals surface area (Å²) in [5.41, 5.74) is 1.10. The topological polar surface area (TPSA) is 63.0 Å². The minimum absolute atomic E-state index is 0.274. The molecule has 15 heavy (non-hydrogen) atoms. The van der Waals surface area contributed by atoms with E-state index < -0.39 is 0 Å². The van der Waals surface area contributed by atoms with Gasteiger partial charge >= 0.3 is 5.97 Å². The lowest BCUT2D eigenvalue weighted by molar-refractivity contribution is -0.144. The summed E-state index contributed by atoms with van der Waals surface area (Å²) in [7, 11) is 0. The summed E-state index contributed by atoms with van der Waals surface area (Å²) in [6.07, 6.45) is 1.53. The summed E-state index contributed by atoms with van der Waals surface area (Å²) >= 11 is 0. The molecule has 1 rings (SSSR count). The highest BCUT2D eigenvalue weighted by atomic mass is 16.5. The van der Waals surface area contributed by atoms with Crippen LogP contribution in [0, 0.1) is 11.3 Å². The van der Waals surface area contributed by atoms with Crippen LogP contribution in [-0.2, 0) is 9.53 Å². The molecule has 0 N–H and O–H groups in total. The highest BCUT2D eigenvalue weighted by Crippen LogP contribution is 2.15. The van der Waals surface area contributed by atoms with Crippen molar-refractivity contribution in [1.29, 1.82) is 5.26 Å². The van der Waals surface area contributed by atoms with Gasteiger partial charge in [0.15, 0.2) is 0 Å². The highest BCUT2D eigenvalue weighted by molar-refractivity contribution is 5.77. The molecule has 1 atom stereocenters. The van der Waals surface area contributed by atoms with E-state index in [2.05, 4.69) is 4.98 Å². The summed E-state index contributed by atoms with van der Waals surface area (Å²) in [5.74, 6) is -0.616. The molecule has 0 spiro atoms. The monoisotopic (exact) mass is 204 g/mol. The molecule has 0 aliphatic rings. The second kappa shape index (κ2) is 5.11. The average Bonchev–Trinajstić information content (AvgIpc) is 2.28. The van der Waals surface area contributed by atoms with Gasteiger partial charge in [0.1, 0.15) is 11.8 Å². The number of hydrogen-bond acceptors (Lipinski definition) is 4. The lowest BCUT2D eigenvalue weighted by Crippen LogP contribution is -2.13. The van der Waals surface area contributed by atoms with Crippen LogP contribution in [0.2, 0.25) is 0 Å². The fourth-order valence-electron chi connectivity index (χ4n) is 1.13. The highest BCUT2D eigenvalue weighted by Gasteiger charge is 2.16. The lowest BCUT2D eigenvalue weighted by atomic mass is 10.0. The van der Waals surface area contributed by atoms with Crippen molar-refractivity contribution in [2.75, 3.05) is 6.61 Å². The van der Waals surface area contributed by atoms with Crippen LogP contribution in [-0.4, -0.2) is 17.6 Å². The quantitative estimate of drug-likeness (QED) is 0.702. The maximum atomic E-state index is 11.4. The molecule has 1 aromatic rings. The van der Waals surface area contributed by atoms with E-state index in [1.54, 1.807) is 26.0 Å². The summed E-state index contributed by atoms with van der Waals surface area (Å²) < 4.78 is 4.88. The number of carbonyl (C=O) groups is 1. The zero-order valence-electron chi connectivity index (χ0n) is 8.73. The van der Waals surface area contributed by atoms with Crippen LogP contribution in [0.25, 0.3) is 0 Å². The van der Waals surface area contributed by atoms with Crippen LogP contribution in [0.4, 0.5) is 0 Å². The van der Waals surface area contributed by atoms with Crippen molar-refractivity contribution in [1.82, 2.24) is 4.98 Å². The van der Waals surface area contributed by atoms with Crippen LogP contribution < -0.4 is 0 Å². The summed E-state index contributed by atoms with van der Waals surface area (Å²) in [6.45, 7) is 3.88. The van der Waals surface area contributed by atoms with Gasteiger partial charge in [0, 0.05) is 6.20 Å². The Bertz CT molecular complexity index is 379. The van der Waals surface area contributed by atoms with Gasteiger partial charge in [0.05, 0.1) is 12.5 Å². The zero-order valence-corrected chi connectivity index (χ0v) is 8.73. The first-order valence-corrected chi connectivity index (χ1v) is 4.71. The van der Waals surface area contributed by atoms with Gasteiger partial charge in [-0.25, -0.2) is 4.98 Å². The molecule has 0 aliphatic heterocycles. The minimum Gasteiger partial charge on any atom is -0.466 e. The molecule has 0 aromatic carbocycles. The van der Waals surface area contributed by atoms with Crippen LogP contribution in [0.1, 0.15) is 31.0 Å². The smallest absolute Gasteiger partial charge is 0.313 e. The number of carbonyl (C=O) groups excluding carboxylic acids is 1. The predicted molar refractivity (Wildman–Crippen MR) is 54.0 cm³/mol. The van der Waals surface area contributed by atoms with Crippen molar-refractivity contribution in [3.05, 3.63) is 29.6 Å². The lowest BCUT2D eigenvalue weighted by Gasteiger charge is -2.09. The van der Waals surface area contributed by atoms with E-state index in [9.17, 15) is 4.79 Å². The molecule has 0 radical (unpaired) electrons. The van der Waals surface area contributed by atoms with Gasteiger partial charge in [-0.05, 0) is 25.5 Å². The van der Waals surface area contributed by atoms with Crippen molar-refractivity contribution in [3.63, 3.8) is 0 Å². The first-order chi connectivity index (χ1) is 7.19. The molecule has 4 nitrogen and oxygen atoms in total. The van der Waals surface area contributed by atoms with E-state index in [4.69, 9.17) is 10.00 Å². The zero-order chi connectivity index (χ0) is 11.3. The van der Waals surface area contributed by atoms with E-state index in [-0.39, 0.29) is 11.9 Å². The van der Waals surface area contributed by atoms with Gasteiger partial charge in [-0.3, -0.25) is 4.79 Å². The molecule has 1 heterocycles. The van der Waals surface area contributed by atoms with E-state index in [0.29, 0.717) is 12.3 Å². The Kier molecular flexibility index (Phi) is 3.81. The molecule has 0 bridgehead atoms. The third-order valence-corrected chi connectivity index (χ3v) is 2.04. The molecule has 0 saturated heterocycles. The molecule has 4 heteroatoms. The van der Waals surface area contributed by atoms with E-state index in [1.807, 2.05) is 6.07 Å². The summed E-state index contributed by atoms with van der Waals surface area (Å²) in [4.78, 5) is 15.3. The number of esters is 1. The molecular formula is C11H12N2O2. The Morgan fingerprint density at radius 1 is 1.67 bits per heavy atom. The molecule has 0 fully saturated rings. The maximum absolute atomic E-state index is 11.4. The van der Waals surface area contributed by atoms with Gasteiger partial charge in [-0.1, -0.05) is 6.07 Å². The molecule has 1 aromatic heterocycles. The molecule has 0 unspecified atom stereocenters. The van der Waals surface area contributed by atoms with Gasteiger partial charge < -0.3 is 4.74 Å². The van der Waals surface area contributed by atoms with Crippen LogP contribution in [0.15, 0.2) is 18.3 Å². The second-order valence-electron chi connectivity index (χ2n) is 3.06. The first kappa shape index (κ1) is 11.2. The maximum Gasteiger partial charge on any atom is 0.313 e. The molecule has 0 amide bonds. The Labute approximate surface area is 88.5 Å². The number of nitriles is 1. The van der Waals surface area contributed by atoms with Crippen molar-refractivity contribution in [2.45, 2.75) is 19.8 Å². The summed E-state index contributed by atoms with van der Waals surface area (Å²) in [5, 5.41) is 8.56. The third kappa shape index (κ3) is 2.78. The Balaban J connectivity index is 2.79. The largest absolute Gasteiger partial charge is 0.466 e. The number of aromatic nitrogens is 1.